The van der Waals surface area contributed by atoms with Crippen LogP contribution < -0.4 is 0 Å². The lowest BCUT2D eigenvalue weighted by atomic mass is 9.90. The summed E-state index contributed by atoms with van der Waals surface area (Å²) in [7, 11) is 0. The Morgan fingerprint density at radius 2 is 2.06 bits per heavy atom. The van der Waals surface area contributed by atoms with Gasteiger partial charge in [0.05, 0.1) is 10.6 Å². The molecular formula is C13H15BrF2O. The molecule has 1 N–H and O–H groups in total. The third kappa shape index (κ3) is 2.52. The van der Waals surface area contributed by atoms with E-state index in [-0.39, 0.29) is 23.5 Å². The number of rotatable bonds is 2. The number of hydrogen-bond donors (Lipinski definition) is 1. The Labute approximate surface area is 108 Å². The molecular weight excluding hydrogens is 290 g/mol. The van der Waals surface area contributed by atoms with Crippen molar-refractivity contribution in [1.29, 1.82) is 0 Å². The first-order chi connectivity index (χ1) is 8.00. The predicted molar refractivity (Wildman–Crippen MR) is 65.7 cm³/mol. The minimum absolute atomic E-state index is 0.104. The molecule has 1 aromatic carbocycles. The van der Waals surface area contributed by atoms with Crippen LogP contribution in [0, 0.1) is 23.5 Å². The van der Waals surface area contributed by atoms with Crippen LogP contribution in [0.4, 0.5) is 8.78 Å². The SMILES string of the molecule is CC1C(O)CCC1Cc1c(F)ccc(Br)c1F. The number of aliphatic hydroxyl groups excluding tert-OH is 1. The molecule has 1 aliphatic carbocycles. The number of benzene rings is 1. The molecule has 3 unspecified atom stereocenters. The molecule has 0 aromatic heterocycles. The van der Waals surface area contributed by atoms with E-state index in [1.807, 2.05) is 6.92 Å². The van der Waals surface area contributed by atoms with Gasteiger partial charge >= 0.3 is 0 Å². The van der Waals surface area contributed by atoms with Crippen molar-refractivity contribution in [3.05, 3.63) is 33.8 Å². The maximum atomic E-state index is 13.8. The summed E-state index contributed by atoms with van der Waals surface area (Å²) in [6, 6.07) is 2.65. The highest BCUT2D eigenvalue weighted by atomic mass is 79.9. The Hall–Kier alpha value is -0.480. The zero-order valence-electron chi connectivity index (χ0n) is 9.59. The molecule has 94 valence electrons. The summed E-state index contributed by atoms with van der Waals surface area (Å²) < 4.78 is 27.7. The highest BCUT2D eigenvalue weighted by Gasteiger charge is 2.32. The molecule has 0 aliphatic heterocycles. The van der Waals surface area contributed by atoms with Crippen molar-refractivity contribution in [3.63, 3.8) is 0 Å². The second-order valence-corrected chi connectivity index (χ2v) is 5.64. The lowest BCUT2D eigenvalue weighted by Crippen LogP contribution is -2.18. The molecule has 2 rings (SSSR count). The van der Waals surface area contributed by atoms with E-state index in [0.29, 0.717) is 10.9 Å². The second-order valence-electron chi connectivity index (χ2n) is 4.79. The highest BCUT2D eigenvalue weighted by molar-refractivity contribution is 9.10. The van der Waals surface area contributed by atoms with Crippen molar-refractivity contribution in [2.45, 2.75) is 32.3 Å². The monoisotopic (exact) mass is 304 g/mol. The van der Waals surface area contributed by atoms with Gasteiger partial charge in [-0.1, -0.05) is 6.92 Å². The normalized spacial score (nSPS) is 28.6. The molecule has 0 heterocycles. The summed E-state index contributed by atoms with van der Waals surface area (Å²) in [6.07, 6.45) is 1.57. The van der Waals surface area contributed by atoms with Gasteiger partial charge in [0, 0.05) is 5.56 Å². The summed E-state index contributed by atoms with van der Waals surface area (Å²) in [5, 5.41) is 9.64. The Balaban J connectivity index is 2.22. The molecule has 4 heteroatoms. The first kappa shape index (κ1) is 13.0. The van der Waals surface area contributed by atoms with Crippen LogP contribution in [-0.4, -0.2) is 11.2 Å². The van der Waals surface area contributed by atoms with E-state index in [1.165, 1.54) is 12.1 Å². The van der Waals surface area contributed by atoms with Gasteiger partial charge in [-0.2, -0.15) is 0 Å². The largest absolute Gasteiger partial charge is 0.393 e. The summed E-state index contributed by atoms with van der Waals surface area (Å²) in [4.78, 5) is 0. The third-order valence-electron chi connectivity index (χ3n) is 3.79. The molecule has 0 bridgehead atoms. The molecule has 1 aromatic rings. The fourth-order valence-electron chi connectivity index (χ4n) is 2.53. The van der Waals surface area contributed by atoms with E-state index in [9.17, 15) is 13.9 Å². The van der Waals surface area contributed by atoms with Crippen LogP contribution in [-0.2, 0) is 6.42 Å². The molecule has 0 amide bonds. The molecule has 17 heavy (non-hydrogen) atoms. The molecule has 1 nitrogen and oxygen atoms in total. The van der Waals surface area contributed by atoms with Crippen LogP contribution in [0.15, 0.2) is 16.6 Å². The van der Waals surface area contributed by atoms with E-state index < -0.39 is 11.6 Å². The summed E-state index contributed by atoms with van der Waals surface area (Å²) in [6.45, 7) is 1.94. The van der Waals surface area contributed by atoms with Crippen LogP contribution in [0.5, 0.6) is 0 Å². The minimum atomic E-state index is -0.515. The van der Waals surface area contributed by atoms with Gasteiger partial charge in [0.1, 0.15) is 11.6 Å². The topological polar surface area (TPSA) is 20.2 Å². The van der Waals surface area contributed by atoms with E-state index in [4.69, 9.17) is 0 Å². The third-order valence-corrected chi connectivity index (χ3v) is 4.40. The Morgan fingerprint density at radius 3 is 2.65 bits per heavy atom. The first-order valence-corrected chi connectivity index (χ1v) is 6.60. The van der Waals surface area contributed by atoms with Crippen molar-refractivity contribution < 1.29 is 13.9 Å². The average Bonchev–Trinajstić information content (AvgIpc) is 2.61. The lowest BCUT2D eigenvalue weighted by Gasteiger charge is -2.18. The van der Waals surface area contributed by atoms with E-state index in [2.05, 4.69) is 15.9 Å². The van der Waals surface area contributed by atoms with Gasteiger partial charge in [0.25, 0.3) is 0 Å². The fourth-order valence-corrected chi connectivity index (χ4v) is 2.90. The molecule has 1 aliphatic rings. The fraction of sp³-hybridized carbons (Fsp3) is 0.538. The van der Waals surface area contributed by atoms with Crippen molar-refractivity contribution in [2.24, 2.45) is 11.8 Å². The van der Waals surface area contributed by atoms with Crippen molar-refractivity contribution in [2.75, 3.05) is 0 Å². The molecule has 0 radical (unpaired) electrons. The maximum Gasteiger partial charge on any atom is 0.143 e. The lowest BCUT2D eigenvalue weighted by molar-refractivity contribution is 0.127. The van der Waals surface area contributed by atoms with Crippen LogP contribution in [0.3, 0.4) is 0 Å². The first-order valence-electron chi connectivity index (χ1n) is 5.81. The van der Waals surface area contributed by atoms with Gasteiger partial charge < -0.3 is 5.11 Å². The van der Waals surface area contributed by atoms with Crippen LogP contribution in [0.25, 0.3) is 0 Å². The molecule has 0 spiro atoms. The van der Waals surface area contributed by atoms with E-state index in [1.54, 1.807) is 0 Å². The summed E-state index contributed by atoms with van der Waals surface area (Å²) >= 11 is 3.07. The Kier molecular flexibility index (Phi) is 3.83. The highest BCUT2D eigenvalue weighted by Crippen LogP contribution is 2.35. The van der Waals surface area contributed by atoms with Gasteiger partial charge in [0.15, 0.2) is 0 Å². The van der Waals surface area contributed by atoms with E-state index >= 15 is 0 Å². The number of halogens is 3. The van der Waals surface area contributed by atoms with Crippen LogP contribution >= 0.6 is 15.9 Å². The molecule has 1 fully saturated rings. The van der Waals surface area contributed by atoms with Crippen molar-refractivity contribution in [3.8, 4) is 0 Å². The van der Waals surface area contributed by atoms with Gasteiger partial charge in [-0.3, -0.25) is 0 Å². The standard InChI is InChI=1S/C13H15BrF2O/c1-7-8(2-5-12(7)17)6-9-11(15)4-3-10(14)13(9)16/h3-4,7-8,12,17H,2,5-6H2,1H3. The van der Waals surface area contributed by atoms with Gasteiger partial charge in [-0.05, 0) is 59.2 Å². The zero-order chi connectivity index (χ0) is 12.6. The van der Waals surface area contributed by atoms with E-state index in [0.717, 1.165) is 12.8 Å². The molecule has 1 saturated carbocycles. The predicted octanol–water partition coefficient (Wildman–Crippen LogP) is 3.68. The van der Waals surface area contributed by atoms with Gasteiger partial charge in [0.2, 0.25) is 0 Å². The number of aliphatic hydroxyl groups is 1. The average molecular weight is 305 g/mol. The maximum absolute atomic E-state index is 13.8. The summed E-state index contributed by atoms with van der Waals surface area (Å²) in [5.74, 6) is -0.756. The van der Waals surface area contributed by atoms with Crippen LogP contribution in [0.2, 0.25) is 0 Å². The van der Waals surface area contributed by atoms with Crippen LogP contribution in [0.1, 0.15) is 25.3 Å². The Bertz CT molecular complexity index is 422. The number of hydrogen-bond acceptors (Lipinski definition) is 1. The molecule has 0 saturated heterocycles. The molecule has 3 atom stereocenters. The Morgan fingerprint density at radius 1 is 1.35 bits per heavy atom. The van der Waals surface area contributed by atoms with Crippen molar-refractivity contribution >= 4 is 15.9 Å². The quantitative estimate of drug-likeness (QED) is 0.827. The summed E-state index contributed by atoms with van der Waals surface area (Å²) in [5.41, 5.74) is 0.130. The minimum Gasteiger partial charge on any atom is -0.393 e. The smallest absolute Gasteiger partial charge is 0.143 e. The van der Waals surface area contributed by atoms with Crippen molar-refractivity contribution in [1.82, 2.24) is 0 Å². The second kappa shape index (κ2) is 5.02. The van der Waals surface area contributed by atoms with Gasteiger partial charge in [-0.25, -0.2) is 8.78 Å². The zero-order valence-corrected chi connectivity index (χ0v) is 11.2. The van der Waals surface area contributed by atoms with Gasteiger partial charge in [-0.15, -0.1) is 0 Å².